The van der Waals surface area contributed by atoms with Gasteiger partial charge in [-0.1, -0.05) is 27.4 Å². The van der Waals surface area contributed by atoms with E-state index in [0.29, 0.717) is 0 Å². The zero-order valence-electron chi connectivity index (χ0n) is 17.0. The first-order valence-electron chi connectivity index (χ1n) is 9.96. The van der Waals surface area contributed by atoms with Crippen LogP contribution in [0, 0.1) is 23.2 Å². The Kier molecular flexibility index (Phi) is 4.20. The van der Waals surface area contributed by atoms with Crippen molar-refractivity contribution in [2.45, 2.75) is 77.5 Å². The first kappa shape index (κ1) is 19.4. The van der Waals surface area contributed by atoms with Crippen molar-refractivity contribution in [1.82, 2.24) is 0 Å². The Hall–Kier alpha value is -1.89. The summed E-state index contributed by atoms with van der Waals surface area (Å²) in [6.07, 6.45) is -0.560. The van der Waals surface area contributed by atoms with E-state index in [0.717, 1.165) is 12.8 Å². The summed E-state index contributed by atoms with van der Waals surface area (Å²) in [4.78, 5) is 36.9. The minimum absolute atomic E-state index is 0.166. The molecule has 28 heavy (non-hydrogen) atoms. The van der Waals surface area contributed by atoms with Crippen LogP contribution in [0.4, 0.5) is 0 Å². The molecule has 0 amide bonds. The molecule has 3 aliphatic heterocycles. The molecule has 0 spiro atoms. The molecule has 0 aromatic rings. The van der Waals surface area contributed by atoms with Crippen LogP contribution < -0.4 is 0 Å². The molecule has 154 valence electrons. The van der Waals surface area contributed by atoms with Crippen molar-refractivity contribution in [2.75, 3.05) is 0 Å². The highest BCUT2D eigenvalue weighted by atomic mass is 16.6. The van der Waals surface area contributed by atoms with Crippen molar-refractivity contribution in [1.29, 1.82) is 0 Å². The second kappa shape index (κ2) is 6.05. The molecule has 4 rings (SSSR count). The van der Waals surface area contributed by atoms with Crippen LogP contribution >= 0.6 is 0 Å². The Labute approximate surface area is 164 Å². The number of ether oxygens (including phenoxy) is 4. The molecule has 3 saturated heterocycles. The molecule has 7 nitrogen and oxygen atoms in total. The number of rotatable bonds is 3. The van der Waals surface area contributed by atoms with E-state index in [1.165, 1.54) is 6.92 Å². The number of fused-ring (bicyclic) bond motifs is 6. The van der Waals surface area contributed by atoms with E-state index in [2.05, 4.69) is 6.58 Å². The van der Waals surface area contributed by atoms with E-state index in [9.17, 15) is 14.4 Å². The average molecular weight is 392 g/mol. The summed E-state index contributed by atoms with van der Waals surface area (Å²) in [5.74, 6) is -2.41. The van der Waals surface area contributed by atoms with Gasteiger partial charge >= 0.3 is 17.9 Å². The summed E-state index contributed by atoms with van der Waals surface area (Å²) in [5, 5.41) is 0. The molecule has 3 heterocycles. The summed E-state index contributed by atoms with van der Waals surface area (Å²) in [5.41, 5.74) is -0.902. The molecule has 4 aliphatic rings. The predicted molar refractivity (Wildman–Crippen MR) is 96.9 cm³/mol. The Bertz CT molecular complexity index is 758. The van der Waals surface area contributed by atoms with Crippen LogP contribution in [0.25, 0.3) is 0 Å². The fraction of sp³-hybridized carbons (Fsp3) is 0.762. The zero-order valence-corrected chi connectivity index (χ0v) is 17.0. The second-order valence-electron chi connectivity index (χ2n) is 9.31. The summed E-state index contributed by atoms with van der Waals surface area (Å²) in [6.45, 7) is 12.8. The molecule has 0 aromatic heterocycles. The van der Waals surface area contributed by atoms with E-state index in [1.807, 2.05) is 13.8 Å². The van der Waals surface area contributed by atoms with Gasteiger partial charge in [-0.3, -0.25) is 9.59 Å². The fourth-order valence-corrected chi connectivity index (χ4v) is 6.04. The van der Waals surface area contributed by atoms with E-state index in [1.54, 1.807) is 13.8 Å². The lowest BCUT2D eigenvalue weighted by molar-refractivity contribution is -0.218. The molecule has 8 unspecified atom stereocenters. The summed E-state index contributed by atoms with van der Waals surface area (Å²) >= 11 is 0. The van der Waals surface area contributed by atoms with Crippen LogP contribution in [-0.2, 0) is 33.3 Å². The maximum atomic E-state index is 12.5. The van der Waals surface area contributed by atoms with Crippen LogP contribution in [0.2, 0.25) is 0 Å². The average Bonchev–Trinajstić information content (AvgIpc) is 3.19. The molecule has 4 fully saturated rings. The highest BCUT2D eigenvalue weighted by Crippen LogP contribution is 2.66. The van der Waals surface area contributed by atoms with Crippen LogP contribution in [0.3, 0.4) is 0 Å². The van der Waals surface area contributed by atoms with Gasteiger partial charge in [-0.2, -0.15) is 0 Å². The third kappa shape index (κ3) is 2.41. The van der Waals surface area contributed by atoms with Crippen molar-refractivity contribution < 1.29 is 33.3 Å². The normalized spacial score (nSPS) is 46.2. The Morgan fingerprint density at radius 2 is 1.93 bits per heavy atom. The maximum absolute atomic E-state index is 12.5. The Morgan fingerprint density at radius 3 is 2.54 bits per heavy atom. The molecule has 1 saturated carbocycles. The monoisotopic (exact) mass is 392 g/mol. The largest absolute Gasteiger partial charge is 0.461 e. The molecule has 2 bridgehead atoms. The van der Waals surface area contributed by atoms with Gasteiger partial charge in [-0.05, 0) is 19.8 Å². The third-order valence-corrected chi connectivity index (χ3v) is 7.21. The summed E-state index contributed by atoms with van der Waals surface area (Å²) in [6, 6.07) is 0. The summed E-state index contributed by atoms with van der Waals surface area (Å²) in [7, 11) is 0. The molecule has 0 aromatic carbocycles. The number of carbonyl (C=O) groups is 3. The van der Waals surface area contributed by atoms with Crippen LogP contribution in [0.15, 0.2) is 12.2 Å². The van der Waals surface area contributed by atoms with E-state index < -0.39 is 47.2 Å². The van der Waals surface area contributed by atoms with Crippen molar-refractivity contribution in [2.24, 2.45) is 23.2 Å². The SMILES string of the molecule is C=C1C(=O)OC2C1C(OC(=O)C(C)C)C1C3(C)CCC(O3)C1(C)C2OC(C)=O. The lowest BCUT2D eigenvalue weighted by Crippen LogP contribution is -2.66. The number of esters is 3. The maximum Gasteiger partial charge on any atom is 0.334 e. The van der Waals surface area contributed by atoms with Gasteiger partial charge in [0.25, 0.3) is 0 Å². The molecule has 7 heteroatoms. The van der Waals surface area contributed by atoms with Gasteiger partial charge in [0.2, 0.25) is 0 Å². The van der Waals surface area contributed by atoms with Gasteiger partial charge in [-0.25, -0.2) is 4.79 Å². The molecule has 8 atom stereocenters. The van der Waals surface area contributed by atoms with Crippen molar-refractivity contribution in [3.8, 4) is 0 Å². The minimum atomic E-state index is -0.735. The van der Waals surface area contributed by atoms with Crippen LogP contribution in [-0.4, -0.2) is 47.9 Å². The quantitative estimate of drug-likeness (QED) is 0.413. The Balaban J connectivity index is 1.84. The van der Waals surface area contributed by atoms with E-state index in [4.69, 9.17) is 18.9 Å². The predicted octanol–water partition coefficient (Wildman–Crippen LogP) is 2.17. The highest BCUT2D eigenvalue weighted by molar-refractivity contribution is 5.91. The number of hydrogen-bond acceptors (Lipinski definition) is 7. The third-order valence-electron chi connectivity index (χ3n) is 7.21. The van der Waals surface area contributed by atoms with Gasteiger partial charge in [0.05, 0.1) is 23.5 Å². The zero-order chi connectivity index (χ0) is 20.6. The summed E-state index contributed by atoms with van der Waals surface area (Å²) < 4.78 is 23.7. The van der Waals surface area contributed by atoms with Crippen molar-refractivity contribution in [3.63, 3.8) is 0 Å². The first-order chi connectivity index (χ1) is 13.0. The molecular formula is C21H28O7. The van der Waals surface area contributed by atoms with Crippen molar-refractivity contribution in [3.05, 3.63) is 12.2 Å². The van der Waals surface area contributed by atoms with E-state index >= 15 is 0 Å². The van der Waals surface area contributed by atoms with Crippen molar-refractivity contribution >= 4 is 17.9 Å². The second-order valence-corrected chi connectivity index (χ2v) is 9.31. The number of carbonyl (C=O) groups excluding carboxylic acids is 3. The van der Waals surface area contributed by atoms with Gasteiger partial charge < -0.3 is 18.9 Å². The minimum Gasteiger partial charge on any atom is -0.461 e. The van der Waals surface area contributed by atoms with E-state index in [-0.39, 0.29) is 29.5 Å². The lowest BCUT2D eigenvalue weighted by atomic mass is 9.51. The van der Waals surface area contributed by atoms with Gasteiger partial charge in [0.15, 0.2) is 6.10 Å². The molecule has 0 N–H and O–H groups in total. The molecular weight excluding hydrogens is 364 g/mol. The molecule has 0 radical (unpaired) electrons. The van der Waals surface area contributed by atoms with Gasteiger partial charge in [0, 0.05) is 23.8 Å². The molecule has 1 aliphatic carbocycles. The fourth-order valence-electron chi connectivity index (χ4n) is 6.04. The highest BCUT2D eigenvalue weighted by Gasteiger charge is 2.76. The first-order valence-corrected chi connectivity index (χ1v) is 9.96. The Morgan fingerprint density at radius 1 is 1.25 bits per heavy atom. The standard InChI is InChI=1S/C21H28O7/c1-9(2)18(23)26-14-13-10(3)19(24)27-15(13)17(25-11(4)22)21(6)12-7-8-20(5,28-12)16(14)21/h9,12-17H,3,7-8H2,1-2,4-6H3. The van der Waals surface area contributed by atoms with Crippen LogP contribution in [0.1, 0.15) is 47.5 Å². The van der Waals surface area contributed by atoms with Crippen LogP contribution in [0.5, 0.6) is 0 Å². The topological polar surface area (TPSA) is 88.1 Å². The lowest BCUT2D eigenvalue weighted by Gasteiger charge is -2.55. The number of hydrogen-bond donors (Lipinski definition) is 0. The smallest absolute Gasteiger partial charge is 0.334 e. The van der Waals surface area contributed by atoms with Gasteiger partial charge in [-0.15, -0.1) is 0 Å². The van der Waals surface area contributed by atoms with Gasteiger partial charge in [0.1, 0.15) is 12.2 Å².